The van der Waals surface area contributed by atoms with Crippen LogP contribution < -0.4 is 0 Å². The highest BCUT2D eigenvalue weighted by atomic mass is 14.1. The van der Waals surface area contributed by atoms with Crippen molar-refractivity contribution < 1.29 is 0 Å². The molecule has 0 aromatic rings. The van der Waals surface area contributed by atoms with Gasteiger partial charge >= 0.3 is 0 Å². The van der Waals surface area contributed by atoms with Crippen LogP contribution >= 0.6 is 0 Å². The molecule has 0 aromatic carbocycles. The minimum absolute atomic E-state index is 0.620. The zero-order valence-electron chi connectivity index (χ0n) is 9.36. The van der Waals surface area contributed by atoms with Crippen molar-refractivity contribution in [3.05, 3.63) is 22.8 Å². The van der Waals surface area contributed by atoms with E-state index in [0.29, 0.717) is 5.92 Å². The van der Waals surface area contributed by atoms with Gasteiger partial charge in [0.05, 0.1) is 0 Å². The largest absolute Gasteiger partial charge is 0.0881 e. The lowest BCUT2D eigenvalue weighted by atomic mass is 9.91. The summed E-state index contributed by atoms with van der Waals surface area (Å²) in [4.78, 5) is 0. The monoisotopic (exact) mass is 166 g/mol. The summed E-state index contributed by atoms with van der Waals surface area (Å²) in [6, 6.07) is 0. The number of hydrogen-bond donors (Lipinski definition) is 0. The highest BCUT2D eigenvalue weighted by molar-refractivity contribution is 5.21. The van der Waals surface area contributed by atoms with Crippen molar-refractivity contribution in [1.29, 1.82) is 0 Å². The van der Waals surface area contributed by atoms with Crippen molar-refractivity contribution in [1.82, 2.24) is 0 Å². The maximum atomic E-state index is 2.28. The van der Waals surface area contributed by atoms with Crippen molar-refractivity contribution in [3.8, 4) is 0 Å². The first kappa shape index (κ1) is 11.5. The zero-order chi connectivity index (χ0) is 9.72. The lowest BCUT2D eigenvalue weighted by Crippen LogP contribution is -2.00. The van der Waals surface area contributed by atoms with Gasteiger partial charge in [-0.3, -0.25) is 0 Å². The molecule has 0 fully saturated rings. The molecule has 12 heavy (non-hydrogen) atoms. The predicted molar refractivity (Wildman–Crippen MR) is 57.3 cm³/mol. The molecule has 0 heterocycles. The normalized spacial score (nSPS) is 17.3. The summed E-state index contributed by atoms with van der Waals surface area (Å²) in [6.45, 7) is 13.3. The van der Waals surface area contributed by atoms with E-state index in [1.807, 2.05) is 0 Å². The fourth-order valence-corrected chi connectivity index (χ4v) is 1.24. The van der Waals surface area contributed by atoms with Crippen LogP contribution in [0.15, 0.2) is 22.8 Å². The van der Waals surface area contributed by atoms with Crippen LogP contribution in [-0.2, 0) is 0 Å². The molecule has 0 aliphatic rings. The van der Waals surface area contributed by atoms with E-state index in [1.54, 1.807) is 0 Å². The van der Waals surface area contributed by atoms with Gasteiger partial charge in [-0.05, 0) is 40.0 Å². The van der Waals surface area contributed by atoms with E-state index in [9.17, 15) is 0 Å². The van der Waals surface area contributed by atoms with Crippen LogP contribution in [0.4, 0.5) is 0 Å². The summed E-state index contributed by atoms with van der Waals surface area (Å²) in [5.74, 6) is 0.620. The summed E-state index contributed by atoms with van der Waals surface area (Å²) in [5.41, 5.74) is 4.54. The molecule has 0 spiro atoms. The first-order chi connectivity index (χ1) is 5.54. The standard InChI is InChI=1S/C12H22/c1-7-9(3)11(5)12(6)10(4)8-2/h7,11H,8H2,1-6H3/b9-7+,12-10+. The van der Waals surface area contributed by atoms with Gasteiger partial charge in [0.25, 0.3) is 0 Å². The topological polar surface area (TPSA) is 0 Å². The smallest absolute Gasteiger partial charge is 0.00245 e. The molecule has 1 atom stereocenters. The molecule has 0 aliphatic carbocycles. The minimum atomic E-state index is 0.620. The van der Waals surface area contributed by atoms with E-state index in [0.717, 1.165) is 0 Å². The van der Waals surface area contributed by atoms with E-state index < -0.39 is 0 Å². The Hall–Kier alpha value is -0.520. The summed E-state index contributed by atoms with van der Waals surface area (Å²) in [6.07, 6.45) is 3.38. The quantitative estimate of drug-likeness (QED) is 0.547. The SMILES string of the molecule is C/C=C(\C)C(C)/C(C)=C(\C)CC. The molecule has 70 valence electrons. The summed E-state index contributed by atoms with van der Waals surface area (Å²) < 4.78 is 0. The van der Waals surface area contributed by atoms with Gasteiger partial charge in [-0.2, -0.15) is 0 Å². The van der Waals surface area contributed by atoms with Crippen LogP contribution in [0.1, 0.15) is 48.0 Å². The van der Waals surface area contributed by atoms with Crippen LogP contribution in [-0.4, -0.2) is 0 Å². The molecule has 1 unspecified atom stereocenters. The molecular weight excluding hydrogens is 144 g/mol. The first-order valence-corrected chi connectivity index (χ1v) is 4.83. The minimum Gasteiger partial charge on any atom is -0.0881 e. The fraction of sp³-hybridized carbons (Fsp3) is 0.667. The summed E-state index contributed by atoms with van der Waals surface area (Å²) >= 11 is 0. The Labute approximate surface area is 77.4 Å². The average molecular weight is 166 g/mol. The maximum Gasteiger partial charge on any atom is -0.00245 e. The van der Waals surface area contributed by atoms with Gasteiger partial charge in [0.15, 0.2) is 0 Å². The van der Waals surface area contributed by atoms with E-state index >= 15 is 0 Å². The average Bonchev–Trinajstić information content (AvgIpc) is 2.12. The molecule has 0 saturated heterocycles. The highest BCUT2D eigenvalue weighted by Gasteiger charge is 2.07. The first-order valence-electron chi connectivity index (χ1n) is 4.83. The van der Waals surface area contributed by atoms with Gasteiger partial charge in [-0.15, -0.1) is 0 Å². The van der Waals surface area contributed by atoms with Crippen molar-refractivity contribution in [3.63, 3.8) is 0 Å². The Balaban J connectivity index is 4.59. The Morgan fingerprint density at radius 3 is 2.08 bits per heavy atom. The fourth-order valence-electron chi connectivity index (χ4n) is 1.24. The van der Waals surface area contributed by atoms with Crippen molar-refractivity contribution in [2.45, 2.75) is 48.0 Å². The molecular formula is C12H22. The van der Waals surface area contributed by atoms with E-state index in [2.05, 4.69) is 47.6 Å². The molecule has 0 saturated carbocycles. The summed E-state index contributed by atoms with van der Waals surface area (Å²) in [7, 11) is 0. The van der Waals surface area contributed by atoms with E-state index in [1.165, 1.54) is 23.1 Å². The number of allylic oxidation sites excluding steroid dienone is 4. The summed E-state index contributed by atoms with van der Waals surface area (Å²) in [5, 5.41) is 0. The second kappa shape index (κ2) is 5.18. The lowest BCUT2D eigenvalue weighted by Gasteiger charge is -2.15. The van der Waals surface area contributed by atoms with Gasteiger partial charge in [-0.25, -0.2) is 0 Å². The zero-order valence-corrected chi connectivity index (χ0v) is 9.36. The van der Waals surface area contributed by atoms with Gasteiger partial charge in [-0.1, -0.05) is 36.6 Å². The third-order valence-corrected chi connectivity index (χ3v) is 2.99. The molecule has 0 N–H and O–H groups in total. The van der Waals surface area contributed by atoms with Crippen LogP contribution in [0, 0.1) is 5.92 Å². The molecule has 0 rings (SSSR count). The third-order valence-electron chi connectivity index (χ3n) is 2.99. The Morgan fingerprint density at radius 1 is 1.25 bits per heavy atom. The molecule has 0 bridgehead atoms. The third kappa shape index (κ3) is 2.84. The predicted octanol–water partition coefficient (Wildman–Crippen LogP) is 4.34. The molecule has 0 radical (unpaired) electrons. The van der Waals surface area contributed by atoms with Crippen molar-refractivity contribution in [2.24, 2.45) is 5.92 Å². The molecule has 0 amide bonds. The lowest BCUT2D eigenvalue weighted by molar-refractivity contribution is 0.774. The molecule has 0 nitrogen and oxygen atoms in total. The van der Waals surface area contributed by atoms with E-state index in [-0.39, 0.29) is 0 Å². The Bertz CT molecular complexity index is 194. The molecule has 0 aliphatic heterocycles. The van der Waals surface area contributed by atoms with Gasteiger partial charge in [0, 0.05) is 0 Å². The second-order valence-electron chi connectivity index (χ2n) is 3.57. The van der Waals surface area contributed by atoms with E-state index in [4.69, 9.17) is 0 Å². The Kier molecular flexibility index (Phi) is 4.96. The van der Waals surface area contributed by atoms with Crippen LogP contribution in [0.25, 0.3) is 0 Å². The van der Waals surface area contributed by atoms with Gasteiger partial charge < -0.3 is 0 Å². The molecule has 0 aromatic heterocycles. The Morgan fingerprint density at radius 2 is 1.75 bits per heavy atom. The number of rotatable bonds is 3. The van der Waals surface area contributed by atoms with Gasteiger partial charge in [0.2, 0.25) is 0 Å². The van der Waals surface area contributed by atoms with Crippen molar-refractivity contribution in [2.75, 3.05) is 0 Å². The van der Waals surface area contributed by atoms with Crippen LogP contribution in [0.2, 0.25) is 0 Å². The highest BCUT2D eigenvalue weighted by Crippen LogP contribution is 2.22. The number of hydrogen-bond acceptors (Lipinski definition) is 0. The second-order valence-corrected chi connectivity index (χ2v) is 3.57. The maximum absolute atomic E-state index is 2.28. The van der Waals surface area contributed by atoms with Crippen LogP contribution in [0.3, 0.4) is 0 Å². The van der Waals surface area contributed by atoms with Gasteiger partial charge in [0.1, 0.15) is 0 Å². The van der Waals surface area contributed by atoms with Crippen LogP contribution in [0.5, 0.6) is 0 Å². The molecule has 0 heteroatoms. The van der Waals surface area contributed by atoms with Crippen molar-refractivity contribution >= 4 is 0 Å².